The van der Waals surface area contributed by atoms with Crippen LogP contribution >= 0.6 is 0 Å². The van der Waals surface area contributed by atoms with Crippen molar-refractivity contribution >= 4 is 11.9 Å². The second-order valence-electron chi connectivity index (χ2n) is 8.35. The molecule has 1 saturated carbocycles. The maximum atomic E-state index is 14.8. The number of carbonyl (C=O) groups is 2. The molecule has 0 atom stereocenters. The van der Waals surface area contributed by atoms with Crippen LogP contribution in [0.15, 0.2) is 48.8 Å². The summed E-state index contributed by atoms with van der Waals surface area (Å²) in [6.07, 6.45) is 6.66. The third kappa shape index (κ3) is 5.10. The van der Waals surface area contributed by atoms with Crippen molar-refractivity contribution in [2.24, 2.45) is 7.05 Å². The van der Waals surface area contributed by atoms with Crippen LogP contribution in [-0.4, -0.2) is 44.7 Å². The molecule has 0 saturated heterocycles. The predicted molar refractivity (Wildman–Crippen MR) is 121 cm³/mol. The molecule has 0 radical (unpaired) electrons. The lowest BCUT2D eigenvalue weighted by molar-refractivity contribution is 0.0593. The first-order valence-corrected chi connectivity index (χ1v) is 11.1. The first-order valence-electron chi connectivity index (χ1n) is 11.1. The molecule has 33 heavy (non-hydrogen) atoms. The summed E-state index contributed by atoms with van der Waals surface area (Å²) in [5.74, 6) is -0.940. The number of carbonyl (C=O) groups excluding carboxylic acids is 2. The van der Waals surface area contributed by atoms with E-state index >= 15 is 0 Å². The van der Waals surface area contributed by atoms with E-state index in [-0.39, 0.29) is 17.8 Å². The van der Waals surface area contributed by atoms with E-state index in [0.29, 0.717) is 23.2 Å². The standard InChI is InChI=1S/C25H27FN4O3/c1-29-16-27-23(28-29)24(31)30(20-9-4-3-5-10-20)15-17-11-12-22(26)21(13-17)18-7-6-8-19(14-18)25(32)33-2/h6-8,11-14,16,20H,3-5,9-10,15H2,1-2H3. The van der Waals surface area contributed by atoms with Gasteiger partial charge in [-0.05, 0) is 48.2 Å². The first kappa shape index (κ1) is 22.6. The van der Waals surface area contributed by atoms with Crippen LogP contribution in [0.25, 0.3) is 11.1 Å². The second-order valence-corrected chi connectivity index (χ2v) is 8.35. The van der Waals surface area contributed by atoms with Gasteiger partial charge in [-0.2, -0.15) is 0 Å². The van der Waals surface area contributed by atoms with Crippen molar-refractivity contribution in [3.05, 3.63) is 71.6 Å². The molecule has 0 N–H and O–H groups in total. The molecule has 172 valence electrons. The third-order valence-corrected chi connectivity index (χ3v) is 6.05. The Morgan fingerprint density at radius 3 is 2.64 bits per heavy atom. The number of aromatic nitrogens is 3. The Balaban J connectivity index is 1.65. The lowest BCUT2D eigenvalue weighted by Crippen LogP contribution is -2.41. The molecule has 8 heteroatoms. The van der Waals surface area contributed by atoms with E-state index in [4.69, 9.17) is 4.74 Å². The summed E-state index contributed by atoms with van der Waals surface area (Å²) < 4.78 is 21.1. The summed E-state index contributed by atoms with van der Waals surface area (Å²) >= 11 is 0. The molecule has 1 aromatic heterocycles. The van der Waals surface area contributed by atoms with Crippen molar-refractivity contribution in [3.8, 4) is 11.1 Å². The van der Waals surface area contributed by atoms with E-state index in [0.717, 1.165) is 37.7 Å². The minimum absolute atomic E-state index is 0.0891. The Labute approximate surface area is 192 Å². The highest BCUT2D eigenvalue weighted by Crippen LogP contribution is 2.29. The van der Waals surface area contributed by atoms with Crippen molar-refractivity contribution in [2.75, 3.05) is 7.11 Å². The molecule has 7 nitrogen and oxygen atoms in total. The monoisotopic (exact) mass is 450 g/mol. The number of rotatable bonds is 6. The van der Waals surface area contributed by atoms with Gasteiger partial charge >= 0.3 is 5.97 Å². The molecule has 0 unspecified atom stereocenters. The maximum absolute atomic E-state index is 14.8. The lowest BCUT2D eigenvalue weighted by Gasteiger charge is -2.34. The fourth-order valence-electron chi connectivity index (χ4n) is 4.35. The van der Waals surface area contributed by atoms with E-state index < -0.39 is 11.8 Å². The molecule has 3 aromatic rings. The number of halogens is 1. The number of aryl methyl sites for hydroxylation is 1. The fraction of sp³-hybridized carbons (Fsp3) is 0.360. The Morgan fingerprint density at radius 2 is 1.94 bits per heavy atom. The van der Waals surface area contributed by atoms with Crippen LogP contribution < -0.4 is 0 Å². The van der Waals surface area contributed by atoms with Crippen molar-refractivity contribution in [2.45, 2.75) is 44.7 Å². The zero-order valence-corrected chi connectivity index (χ0v) is 18.8. The summed E-state index contributed by atoms with van der Waals surface area (Å²) in [7, 11) is 3.03. The highest BCUT2D eigenvalue weighted by Gasteiger charge is 2.29. The van der Waals surface area contributed by atoms with Crippen molar-refractivity contribution in [1.29, 1.82) is 0 Å². The number of benzene rings is 2. The minimum Gasteiger partial charge on any atom is -0.465 e. The van der Waals surface area contributed by atoms with Gasteiger partial charge in [0.1, 0.15) is 12.1 Å². The number of amides is 1. The molecule has 1 aliphatic rings. The summed E-state index contributed by atoms with van der Waals surface area (Å²) in [5, 5.41) is 4.19. The lowest BCUT2D eigenvalue weighted by atomic mass is 9.93. The largest absolute Gasteiger partial charge is 0.465 e. The molecule has 0 aliphatic heterocycles. The van der Waals surface area contributed by atoms with Gasteiger partial charge in [-0.3, -0.25) is 9.48 Å². The number of nitrogens with zero attached hydrogens (tertiary/aromatic N) is 4. The molecular weight excluding hydrogens is 423 g/mol. The zero-order chi connectivity index (χ0) is 23.4. The molecule has 1 aliphatic carbocycles. The van der Waals surface area contributed by atoms with E-state index in [1.807, 2.05) is 4.90 Å². The van der Waals surface area contributed by atoms with Crippen LogP contribution in [0.2, 0.25) is 0 Å². The van der Waals surface area contributed by atoms with Crippen LogP contribution in [0, 0.1) is 5.82 Å². The van der Waals surface area contributed by atoms with Gasteiger partial charge in [-0.15, -0.1) is 5.10 Å². The van der Waals surface area contributed by atoms with Gasteiger partial charge in [-0.1, -0.05) is 37.5 Å². The molecule has 1 amide bonds. The Kier molecular flexibility index (Phi) is 6.82. The van der Waals surface area contributed by atoms with Gasteiger partial charge in [0, 0.05) is 25.2 Å². The van der Waals surface area contributed by atoms with E-state index in [1.165, 1.54) is 24.2 Å². The number of methoxy groups -OCH3 is 1. The third-order valence-electron chi connectivity index (χ3n) is 6.05. The number of hydrogen-bond acceptors (Lipinski definition) is 5. The van der Waals surface area contributed by atoms with Crippen LogP contribution in [0.4, 0.5) is 4.39 Å². The van der Waals surface area contributed by atoms with Gasteiger partial charge in [0.05, 0.1) is 12.7 Å². The zero-order valence-electron chi connectivity index (χ0n) is 18.8. The van der Waals surface area contributed by atoms with Crippen LogP contribution in [-0.2, 0) is 18.3 Å². The Hall–Kier alpha value is -3.55. The van der Waals surface area contributed by atoms with Crippen LogP contribution in [0.1, 0.15) is 58.6 Å². The number of ether oxygens (including phenoxy) is 1. The molecular formula is C25H27FN4O3. The van der Waals surface area contributed by atoms with Crippen LogP contribution in [0.3, 0.4) is 0 Å². The molecule has 0 bridgehead atoms. The van der Waals surface area contributed by atoms with Gasteiger partial charge in [0.15, 0.2) is 0 Å². The van der Waals surface area contributed by atoms with Crippen molar-refractivity contribution < 1.29 is 18.7 Å². The SMILES string of the molecule is COC(=O)c1cccc(-c2cc(CN(C(=O)c3ncn(C)n3)C3CCCCC3)ccc2F)c1. The second kappa shape index (κ2) is 9.94. The maximum Gasteiger partial charge on any atom is 0.337 e. The Morgan fingerprint density at radius 1 is 1.15 bits per heavy atom. The normalized spacial score (nSPS) is 14.2. The minimum atomic E-state index is -0.481. The van der Waals surface area contributed by atoms with Crippen molar-refractivity contribution in [1.82, 2.24) is 19.7 Å². The number of hydrogen-bond donors (Lipinski definition) is 0. The molecule has 4 rings (SSSR count). The molecule has 1 fully saturated rings. The summed E-state index contributed by atoms with van der Waals surface area (Å²) in [5.41, 5.74) is 2.08. The predicted octanol–water partition coefficient (Wildman–Crippen LogP) is 4.38. The highest BCUT2D eigenvalue weighted by atomic mass is 19.1. The number of esters is 1. The summed E-state index contributed by atoms with van der Waals surface area (Å²) in [6, 6.07) is 11.6. The highest BCUT2D eigenvalue weighted by molar-refractivity contribution is 5.91. The summed E-state index contributed by atoms with van der Waals surface area (Å²) in [4.78, 5) is 31.2. The van der Waals surface area contributed by atoms with Gasteiger partial charge in [0.2, 0.25) is 5.82 Å². The van der Waals surface area contributed by atoms with Gasteiger partial charge in [-0.25, -0.2) is 14.2 Å². The smallest absolute Gasteiger partial charge is 0.337 e. The Bertz CT molecular complexity index is 1150. The van der Waals surface area contributed by atoms with Gasteiger partial charge < -0.3 is 9.64 Å². The molecule has 2 aromatic carbocycles. The van der Waals surface area contributed by atoms with Crippen molar-refractivity contribution in [3.63, 3.8) is 0 Å². The average molecular weight is 451 g/mol. The first-order chi connectivity index (χ1) is 16.0. The molecule has 1 heterocycles. The molecule has 0 spiro atoms. The quantitative estimate of drug-likeness (QED) is 0.521. The fourth-order valence-corrected chi connectivity index (χ4v) is 4.35. The van der Waals surface area contributed by atoms with Gasteiger partial charge in [0.25, 0.3) is 5.91 Å². The average Bonchev–Trinajstić information content (AvgIpc) is 3.29. The summed E-state index contributed by atoms with van der Waals surface area (Å²) in [6.45, 7) is 0.325. The van der Waals surface area contributed by atoms with Crippen LogP contribution in [0.5, 0.6) is 0 Å². The van der Waals surface area contributed by atoms with E-state index in [2.05, 4.69) is 10.1 Å². The van der Waals surface area contributed by atoms with E-state index in [1.54, 1.807) is 43.4 Å². The van der Waals surface area contributed by atoms with E-state index in [9.17, 15) is 14.0 Å². The topological polar surface area (TPSA) is 77.3 Å².